The molecule has 0 unspecified atom stereocenters. The fourth-order valence-corrected chi connectivity index (χ4v) is 1.39. The molecule has 1 aliphatic heterocycles. The Balaban J connectivity index is 0.000000845. The molecule has 1 heterocycles. The van der Waals surface area contributed by atoms with E-state index in [4.69, 9.17) is 4.74 Å². The van der Waals surface area contributed by atoms with Gasteiger partial charge in [-0.1, -0.05) is 17.7 Å². The fourth-order valence-electron chi connectivity index (χ4n) is 1.39. The number of ether oxygens (including phenoxy) is 1. The van der Waals surface area contributed by atoms with E-state index in [0.29, 0.717) is 0 Å². The first-order valence-electron chi connectivity index (χ1n) is 4.22. The minimum Gasteiger partial charge on any atom is -0.656 e. The Morgan fingerprint density at radius 2 is 2.23 bits per heavy atom. The first kappa shape index (κ1) is 11.5. The number of hydrogen-bond acceptors (Lipinski definition) is 1. The molecule has 0 bridgehead atoms. The van der Waals surface area contributed by atoms with Gasteiger partial charge in [0.1, 0.15) is 5.75 Å². The second-order valence-corrected chi connectivity index (χ2v) is 3.06. The average Bonchev–Trinajstić information content (AvgIpc) is 2.28. The molecule has 1 aromatic carbocycles. The maximum Gasteiger partial charge on any atom is 0.120 e. The summed E-state index contributed by atoms with van der Waals surface area (Å²) in [5, 5.41) is 4.33. The standard InChI is InChI=1S/C10H12NO.Ac/c1-8-2-3-10-9(6-8)7-11-4-5-12-10;/h2-3,6H,4-5,7H2,1H3;/q-1;. The van der Waals surface area contributed by atoms with Gasteiger partial charge in [0.25, 0.3) is 0 Å². The average molecular weight is 389 g/mol. The maximum atomic E-state index is 5.51. The van der Waals surface area contributed by atoms with E-state index < -0.39 is 0 Å². The number of aryl methyl sites for hydroxylation is 1. The van der Waals surface area contributed by atoms with Crippen LogP contribution in [0.2, 0.25) is 0 Å². The third kappa shape index (κ3) is 2.94. The van der Waals surface area contributed by atoms with Crippen LogP contribution >= 0.6 is 0 Å². The SMILES string of the molecule is Cc1ccc2c(c1)C[N-]CCO2.[Ac]. The molecule has 0 aromatic heterocycles. The molecule has 3 heteroatoms. The molecule has 1 aromatic rings. The van der Waals surface area contributed by atoms with E-state index in [0.717, 1.165) is 25.4 Å². The smallest absolute Gasteiger partial charge is 0.120 e. The molecule has 0 amide bonds. The molecule has 0 spiro atoms. The van der Waals surface area contributed by atoms with Crippen molar-refractivity contribution in [1.29, 1.82) is 0 Å². The predicted octanol–water partition coefficient (Wildman–Crippen LogP) is 2.26. The normalized spacial score (nSPS) is 14.8. The van der Waals surface area contributed by atoms with Crippen LogP contribution in [0.25, 0.3) is 5.32 Å². The Morgan fingerprint density at radius 1 is 1.38 bits per heavy atom. The minimum absolute atomic E-state index is 0. The van der Waals surface area contributed by atoms with Gasteiger partial charge in [-0.3, -0.25) is 0 Å². The summed E-state index contributed by atoms with van der Waals surface area (Å²) in [5.74, 6) is 1.00. The largest absolute Gasteiger partial charge is 0.656 e. The number of fused-ring (bicyclic) bond motifs is 1. The Bertz CT molecular complexity index is 288. The van der Waals surface area contributed by atoms with Crippen LogP contribution in [0.3, 0.4) is 0 Å². The first-order chi connectivity index (χ1) is 5.86. The van der Waals surface area contributed by atoms with Gasteiger partial charge in [-0.25, -0.2) is 0 Å². The van der Waals surface area contributed by atoms with Crippen LogP contribution in [-0.2, 0) is 6.54 Å². The Morgan fingerprint density at radius 3 is 3.08 bits per heavy atom. The molecule has 2 rings (SSSR count). The molecule has 1 radical (unpaired) electrons. The molecule has 0 saturated carbocycles. The van der Waals surface area contributed by atoms with Crippen molar-refractivity contribution in [2.24, 2.45) is 0 Å². The van der Waals surface area contributed by atoms with Crippen molar-refractivity contribution in [2.45, 2.75) is 13.5 Å². The van der Waals surface area contributed by atoms with Crippen LogP contribution in [0, 0.1) is 51.0 Å². The van der Waals surface area contributed by atoms with Crippen molar-refractivity contribution in [3.8, 4) is 5.75 Å². The topological polar surface area (TPSA) is 23.3 Å². The van der Waals surface area contributed by atoms with Gasteiger partial charge in [0.15, 0.2) is 0 Å². The van der Waals surface area contributed by atoms with Gasteiger partial charge in [0, 0.05) is 44.1 Å². The van der Waals surface area contributed by atoms with Crippen molar-refractivity contribution in [2.75, 3.05) is 13.2 Å². The number of hydrogen-bond donors (Lipinski definition) is 0. The van der Waals surface area contributed by atoms with E-state index >= 15 is 0 Å². The van der Waals surface area contributed by atoms with Crippen molar-refractivity contribution < 1.29 is 48.8 Å². The first-order valence-corrected chi connectivity index (χ1v) is 4.22. The zero-order valence-corrected chi connectivity index (χ0v) is 12.5. The van der Waals surface area contributed by atoms with E-state index in [-0.39, 0.29) is 44.1 Å². The predicted molar refractivity (Wildman–Crippen MR) is 48.6 cm³/mol. The summed E-state index contributed by atoms with van der Waals surface area (Å²) in [7, 11) is 0. The Hall–Kier alpha value is 0.422. The summed E-state index contributed by atoms with van der Waals surface area (Å²) >= 11 is 0. The number of nitrogens with zero attached hydrogens (tertiary/aromatic N) is 1. The fraction of sp³-hybridized carbons (Fsp3) is 0.400. The Kier molecular flexibility index (Phi) is 4.72. The molecule has 2 nitrogen and oxygen atoms in total. The van der Waals surface area contributed by atoms with Gasteiger partial charge in [0.2, 0.25) is 0 Å². The van der Waals surface area contributed by atoms with Gasteiger partial charge in [-0.15, -0.1) is 13.1 Å². The maximum absolute atomic E-state index is 5.51. The van der Waals surface area contributed by atoms with Crippen LogP contribution in [-0.4, -0.2) is 13.2 Å². The van der Waals surface area contributed by atoms with Crippen LogP contribution in [0.1, 0.15) is 11.1 Å². The van der Waals surface area contributed by atoms with E-state index in [9.17, 15) is 0 Å². The van der Waals surface area contributed by atoms with Crippen LogP contribution in [0.15, 0.2) is 18.2 Å². The zero-order valence-electron chi connectivity index (χ0n) is 7.79. The molecule has 0 atom stereocenters. The van der Waals surface area contributed by atoms with Gasteiger partial charge >= 0.3 is 0 Å². The van der Waals surface area contributed by atoms with Gasteiger partial charge in [-0.05, 0) is 18.6 Å². The van der Waals surface area contributed by atoms with Crippen molar-refractivity contribution in [3.05, 3.63) is 34.6 Å². The zero-order chi connectivity index (χ0) is 8.39. The molecular weight excluding hydrogens is 377 g/mol. The summed E-state index contributed by atoms with van der Waals surface area (Å²) in [6.45, 7) is 4.42. The summed E-state index contributed by atoms with van der Waals surface area (Å²) < 4.78 is 5.51. The molecule has 0 fully saturated rings. The van der Waals surface area contributed by atoms with Crippen LogP contribution in [0.4, 0.5) is 0 Å². The van der Waals surface area contributed by atoms with Crippen LogP contribution in [0.5, 0.6) is 5.75 Å². The van der Waals surface area contributed by atoms with E-state index in [1.807, 2.05) is 6.07 Å². The third-order valence-electron chi connectivity index (χ3n) is 2.01. The van der Waals surface area contributed by atoms with Gasteiger partial charge in [0.05, 0.1) is 6.61 Å². The van der Waals surface area contributed by atoms with Crippen LogP contribution < -0.4 is 4.74 Å². The van der Waals surface area contributed by atoms with Gasteiger partial charge < -0.3 is 10.1 Å². The molecule has 0 N–H and O–H groups in total. The van der Waals surface area contributed by atoms with Gasteiger partial charge in [-0.2, -0.15) is 0 Å². The van der Waals surface area contributed by atoms with E-state index in [1.165, 1.54) is 11.1 Å². The summed E-state index contributed by atoms with van der Waals surface area (Å²) in [4.78, 5) is 0. The quantitative estimate of drug-likeness (QED) is 0.668. The second-order valence-electron chi connectivity index (χ2n) is 3.06. The summed E-state index contributed by atoms with van der Waals surface area (Å²) in [5.41, 5.74) is 2.49. The minimum atomic E-state index is 0. The molecule has 0 saturated heterocycles. The molecular formula is C10H12AcNO-. The molecule has 13 heavy (non-hydrogen) atoms. The number of rotatable bonds is 0. The monoisotopic (exact) mass is 389 g/mol. The molecule has 0 aliphatic carbocycles. The van der Waals surface area contributed by atoms with E-state index in [2.05, 4.69) is 24.4 Å². The Labute approximate surface area is 115 Å². The third-order valence-corrected chi connectivity index (χ3v) is 2.01. The van der Waals surface area contributed by atoms with Crippen molar-refractivity contribution >= 4 is 0 Å². The van der Waals surface area contributed by atoms with Crippen molar-refractivity contribution in [1.82, 2.24) is 0 Å². The summed E-state index contributed by atoms with van der Waals surface area (Å²) in [6.07, 6.45) is 0. The molecule has 1 aliphatic rings. The van der Waals surface area contributed by atoms with E-state index in [1.54, 1.807) is 0 Å². The van der Waals surface area contributed by atoms with Crippen molar-refractivity contribution in [3.63, 3.8) is 0 Å². The molecule has 67 valence electrons. The number of benzene rings is 1. The summed E-state index contributed by atoms with van der Waals surface area (Å²) in [6, 6.07) is 6.25. The second kappa shape index (κ2) is 5.34.